The van der Waals surface area contributed by atoms with Gasteiger partial charge in [0.05, 0.1) is 17.1 Å². The zero-order valence-corrected chi connectivity index (χ0v) is 17.1. The highest BCUT2D eigenvalue weighted by atomic mass is 19.1. The third-order valence-electron chi connectivity index (χ3n) is 6.19. The molecule has 1 saturated heterocycles. The number of nitrogens with two attached hydrogens (primary N) is 1. The van der Waals surface area contributed by atoms with E-state index < -0.39 is 0 Å². The molecule has 0 aliphatic carbocycles. The molecule has 32 heavy (non-hydrogen) atoms. The summed E-state index contributed by atoms with van der Waals surface area (Å²) in [6.45, 7) is 1.70. The van der Waals surface area contributed by atoms with Crippen molar-refractivity contribution < 1.29 is 4.39 Å². The molecule has 0 unspecified atom stereocenters. The molecule has 5 aromatic rings. The maximum atomic E-state index is 13.7. The van der Waals surface area contributed by atoms with E-state index in [-0.39, 0.29) is 17.4 Å². The van der Waals surface area contributed by atoms with Crippen molar-refractivity contribution in [2.24, 2.45) is 0 Å². The lowest BCUT2D eigenvalue weighted by atomic mass is 10.1. The van der Waals surface area contributed by atoms with Gasteiger partial charge in [-0.1, -0.05) is 0 Å². The molecule has 1 aliphatic rings. The van der Waals surface area contributed by atoms with Gasteiger partial charge in [0.25, 0.3) is 5.56 Å². The Morgan fingerprint density at radius 2 is 1.91 bits per heavy atom. The fourth-order valence-corrected chi connectivity index (χ4v) is 4.57. The summed E-state index contributed by atoms with van der Waals surface area (Å²) >= 11 is 0. The minimum absolute atomic E-state index is 0.0542. The second-order valence-electron chi connectivity index (χ2n) is 8.11. The molecule has 160 valence electrons. The van der Waals surface area contributed by atoms with E-state index in [1.165, 1.54) is 12.1 Å². The molecule has 0 bridgehead atoms. The Morgan fingerprint density at radius 3 is 2.75 bits per heavy atom. The summed E-state index contributed by atoms with van der Waals surface area (Å²) in [7, 11) is 0. The Labute approximate surface area is 181 Å². The number of hydrogen-bond acceptors (Lipinski definition) is 6. The first kappa shape index (κ1) is 18.9. The quantitative estimate of drug-likeness (QED) is 0.447. The molecule has 9 heteroatoms. The minimum Gasteiger partial charge on any atom is -0.383 e. The molecule has 1 fully saturated rings. The third kappa shape index (κ3) is 2.85. The molecule has 0 saturated carbocycles. The van der Waals surface area contributed by atoms with E-state index in [4.69, 9.17) is 10.7 Å². The predicted octanol–water partition coefficient (Wildman–Crippen LogP) is 2.91. The second kappa shape index (κ2) is 7.10. The van der Waals surface area contributed by atoms with E-state index in [2.05, 4.69) is 15.4 Å². The molecule has 0 amide bonds. The van der Waals surface area contributed by atoms with Gasteiger partial charge in [0.15, 0.2) is 5.65 Å². The molecule has 6 rings (SSSR count). The average Bonchev–Trinajstić information content (AvgIpc) is 3.23. The largest absolute Gasteiger partial charge is 0.383 e. The van der Waals surface area contributed by atoms with Gasteiger partial charge >= 0.3 is 0 Å². The number of nitrogens with one attached hydrogen (secondary N) is 1. The van der Waals surface area contributed by atoms with E-state index in [1.54, 1.807) is 39.7 Å². The highest BCUT2D eigenvalue weighted by Crippen LogP contribution is 2.31. The number of hydrogen-bond donors (Lipinski definition) is 2. The minimum atomic E-state index is -0.323. The first-order valence-corrected chi connectivity index (χ1v) is 10.5. The van der Waals surface area contributed by atoms with Crippen molar-refractivity contribution in [1.29, 1.82) is 0 Å². The van der Waals surface area contributed by atoms with Crippen molar-refractivity contribution in [2.75, 3.05) is 18.8 Å². The molecule has 1 aliphatic heterocycles. The van der Waals surface area contributed by atoms with Crippen molar-refractivity contribution in [3.8, 4) is 11.1 Å². The zero-order valence-electron chi connectivity index (χ0n) is 17.1. The van der Waals surface area contributed by atoms with Crippen LogP contribution in [0, 0.1) is 5.82 Å². The smallest absolute Gasteiger partial charge is 0.252 e. The Kier molecular flexibility index (Phi) is 4.19. The fraction of sp³-hybridized carbons (Fsp3) is 0.217. The molecular formula is C23H20FN7O. The SMILES string of the molecule is Nc1c2ccc(=O)n(C3CCNCC3)c2nc2c(-c3cnc4ccc(F)cc4c3)cnn12. The number of nitrogen functional groups attached to an aromatic ring is 1. The van der Waals surface area contributed by atoms with Gasteiger partial charge in [-0.15, -0.1) is 0 Å². The van der Waals surface area contributed by atoms with E-state index in [1.807, 2.05) is 6.07 Å². The van der Waals surface area contributed by atoms with Crippen molar-refractivity contribution in [3.05, 3.63) is 65.0 Å². The maximum absolute atomic E-state index is 13.7. The maximum Gasteiger partial charge on any atom is 0.252 e. The summed E-state index contributed by atoms with van der Waals surface area (Å²) in [6.07, 6.45) is 5.08. The van der Waals surface area contributed by atoms with Gasteiger partial charge in [-0.3, -0.25) is 14.3 Å². The standard InChI is InChI=1S/C23H20FN7O/c24-15-1-3-19-13(10-15)9-14(11-27-19)18-12-28-31-21(25)17-2-4-20(32)30(22(17)29-23(18)31)16-5-7-26-8-6-16/h1-4,9-12,16,26H,5-8,25H2. The molecule has 3 N–H and O–H groups in total. The molecule has 4 aromatic heterocycles. The van der Waals surface area contributed by atoms with Crippen LogP contribution < -0.4 is 16.6 Å². The highest BCUT2D eigenvalue weighted by molar-refractivity contribution is 5.92. The molecule has 1 aromatic carbocycles. The number of halogens is 1. The van der Waals surface area contributed by atoms with Crippen LogP contribution in [0.2, 0.25) is 0 Å². The Hall–Kier alpha value is -3.85. The van der Waals surface area contributed by atoms with Gasteiger partial charge in [0.2, 0.25) is 0 Å². The summed E-state index contributed by atoms with van der Waals surface area (Å²) in [5.74, 6) is 0.0920. The number of fused-ring (bicyclic) bond motifs is 3. The monoisotopic (exact) mass is 429 g/mol. The number of pyridine rings is 2. The topological polar surface area (TPSA) is 103 Å². The van der Waals surface area contributed by atoms with Gasteiger partial charge in [0.1, 0.15) is 17.3 Å². The second-order valence-corrected chi connectivity index (χ2v) is 8.11. The third-order valence-corrected chi connectivity index (χ3v) is 6.19. The summed E-state index contributed by atoms with van der Waals surface area (Å²) in [4.78, 5) is 22.2. The summed E-state index contributed by atoms with van der Waals surface area (Å²) < 4.78 is 17.1. The van der Waals surface area contributed by atoms with Crippen LogP contribution >= 0.6 is 0 Å². The van der Waals surface area contributed by atoms with Crippen LogP contribution in [0.1, 0.15) is 18.9 Å². The summed E-state index contributed by atoms with van der Waals surface area (Å²) in [5.41, 5.74) is 9.62. The van der Waals surface area contributed by atoms with Crippen LogP contribution in [0.4, 0.5) is 10.2 Å². The number of anilines is 1. The first-order chi connectivity index (χ1) is 15.6. The van der Waals surface area contributed by atoms with Crippen LogP contribution in [0.3, 0.4) is 0 Å². The van der Waals surface area contributed by atoms with E-state index in [9.17, 15) is 9.18 Å². The predicted molar refractivity (Wildman–Crippen MR) is 121 cm³/mol. The zero-order chi connectivity index (χ0) is 21.8. The molecule has 0 atom stereocenters. The van der Waals surface area contributed by atoms with Gasteiger partial charge in [-0.05, 0) is 56.3 Å². The van der Waals surface area contributed by atoms with Crippen LogP contribution in [-0.4, -0.2) is 37.2 Å². The Morgan fingerprint density at radius 1 is 1.06 bits per heavy atom. The lowest BCUT2D eigenvalue weighted by Gasteiger charge is -2.25. The van der Waals surface area contributed by atoms with Gasteiger partial charge < -0.3 is 11.1 Å². The number of nitrogens with zero attached hydrogens (tertiary/aromatic N) is 5. The molecule has 8 nitrogen and oxygen atoms in total. The lowest BCUT2D eigenvalue weighted by molar-refractivity contribution is 0.368. The van der Waals surface area contributed by atoms with E-state index in [0.717, 1.165) is 31.5 Å². The van der Waals surface area contributed by atoms with Gasteiger partial charge in [-0.2, -0.15) is 9.61 Å². The van der Waals surface area contributed by atoms with E-state index >= 15 is 0 Å². The average molecular weight is 429 g/mol. The van der Waals surface area contributed by atoms with Crippen LogP contribution in [0.25, 0.3) is 38.7 Å². The molecular weight excluding hydrogens is 409 g/mol. The Bertz CT molecular complexity index is 1570. The number of rotatable bonds is 2. The van der Waals surface area contributed by atoms with Crippen LogP contribution in [-0.2, 0) is 0 Å². The van der Waals surface area contributed by atoms with Crippen molar-refractivity contribution in [3.63, 3.8) is 0 Å². The van der Waals surface area contributed by atoms with E-state index in [0.29, 0.717) is 39.0 Å². The van der Waals surface area contributed by atoms with Crippen molar-refractivity contribution in [2.45, 2.75) is 18.9 Å². The molecule has 5 heterocycles. The summed E-state index contributed by atoms with van der Waals surface area (Å²) in [5, 5.41) is 9.13. The van der Waals surface area contributed by atoms with Crippen molar-refractivity contribution in [1.82, 2.24) is 29.5 Å². The van der Waals surface area contributed by atoms with Gasteiger partial charge in [-0.25, -0.2) is 9.37 Å². The number of piperidine rings is 1. The van der Waals surface area contributed by atoms with Crippen LogP contribution in [0.5, 0.6) is 0 Å². The number of benzene rings is 1. The normalized spacial score (nSPS) is 15.2. The van der Waals surface area contributed by atoms with Gasteiger partial charge in [0, 0.05) is 34.8 Å². The Balaban J connectivity index is 1.61. The molecule has 0 radical (unpaired) electrons. The number of aromatic nitrogens is 5. The lowest BCUT2D eigenvalue weighted by Crippen LogP contribution is -2.34. The van der Waals surface area contributed by atoms with Crippen molar-refractivity contribution >= 4 is 33.4 Å². The highest BCUT2D eigenvalue weighted by Gasteiger charge is 2.22. The molecule has 0 spiro atoms. The fourth-order valence-electron chi connectivity index (χ4n) is 4.57. The first-order valence-electron chi connectivity index (χ1n) is 10.5. The summed E-state index contributed by atoms with van der Waals surface area (Å²) in [6, 6.07) is 9.64. The van der Waals surface area contributed by atoms with Crippen LogP contribution in [0.15, 0.2) is 53.6 Å².